The van der Waals surface area contributed by atoms with E-state index in [1.54, 1.807) is 0 Å². The van der Waals surface area contributed by atoms with Gasteiger partial charge in [-0.3, -0.25) is 0 Å². The number of hydrogen-bond acceptors (Lipinski definition) is 2. The van der Waals surface area contributed by atoms with Gasteiger partial charge in [0.15, 0.2) is 0 Å². The average Bonchev–Trinajstić information content (AvgIpc) is 2.25. The maximum atomic E-state index is 9.59. The Kier molecular flexibility index (Phi) is 5.81. The number of rotatable bonds is 6. The van der Waals surface area contributed by atoms with Crippen molar-refractivity contribution in [3.63, 3.8) is 0 Å². The largest absolute Gasteiger partial charge is 0.389 e. The number of thioether (sulfide) groups is 1. The third kappa shape index (κ3) is 4.27. The van der Waals surface area contributed by atoms with Gasteiger partial charge in [-0.05, 0) is 30.7 Å². The van der Waals surface area contributed by atoms with Crippen molar-refractivity contribution in [1.29, 1.82) is 0 Å². The standard InChI is InChI=1S/C13H20OS/c1-3-4-7-10-15-13-9-6-5-8-12(13)11(2)14/h5-6,8-9,11,14H,3-4,7,10H2,1-2H3. The Morgan fingerprint density at radius 3 is 2.67 bits per heavy atom. The molecule has 1 unspecified atom stereocenters. The number of unbranched alkanes of at least 4 members (excludes halogenated alkanes) is 2. The van der Waals surface area contributed by atoms with Gasteiger partial charge in [0, 0.05) is 4.90 Å². The lowest BCUT2D eigenvalue weighted by Crippen LogP contribution is -1.94. The first-order valence-corrected chi connectivity index (χ1v) is 6.64. The second-order valence-electron chi connectivity index (χ2n) is 3.77. The van der Waals surface area contributed by atoms with Gasteiger partial charge in [-0.25, -0.2) is 0 Å². The number of aliphatic hydroxyl groups excluding tert-OH is 1. The molecule has 1 aromatic carbocycles. The molecule has 0 saturated heterocycles. The van der Waals surface area contributed by atoms with Crippen LogP contribution in [0, 0.1) is 0 Å². The minimum atomic E-state index is -0.361. The Balaban J connectivity index is 2.52. The van der Waals surface area contributed by atoms with E-state index in [1.165, 1.54) is 24.2 Å². The van der Waals surface area contributed by atoms with Crippen molar-refractivity contribution in [3.8, 4) is 0 Å². The summed E-state index contributed by atoms with van der Waals surface area (Å²) < 4.78 is 0. The molecule has 1 rings (SSSR count). The van der Waals surface area contributed by atoms with Crippen LogP contribution >= 0.6 is 11.8 Å². The molecule has 15 heavy (non-hydrogen) atoms. The van der Waals surface area contributed by atoms with Crippen molar-refractivity contribution in [3.05, 3.63) is 29.8 Å². The zero-order valence-electron chi connectivity index (χ0n) is 9.57. The van der Waals surface area contributed by atoms with Crippen molar-refractivity contribution in [2.75, 3.05) is 5.75 Å². The second-order valence-corrected chi connectivity index (χ2v) is 4.91. The number of aliphatic hydroxyl groups is 1. The molecule has 0 saturated carbocycles. The highest BCUT2D eigenvalue weighted by atomic mass is 32.2. The molecule has 1 nitrogen and oxygen atoms in total. The first-order valence-electron chi connectivity index (χ1n) is 5.65. The summed E-state index contributed by atoms with van der Waals surface area (Å²) in [7, 11) is 0. The summed E-state index contributed by atoms with van der Waals surface area (Å²) >= 11 is 1.86. The molecule has 0 aliphatic rings. The quantitative estimate of drug-likeness (QED) is 0.581. The minimum absolute atomic E-state index is 0.361. The Morgan fingerprint density at radius 1 is 1.27 bits per heavy atom. The van der Waals surface area contributed by atoms with Crippen LogP contribution in [0.2, 0.25) is 0 Å². The third-order valence-corrected chi connectivity index (χ3v) is 3.55. The molecule has 0 radical (unpaired) electrons. The molecule has 0 amide bonds. The molecule has 0 aliphatic carbocycles. The normalized spacial score (nSPS) is 12.7. The van der Waals surface area contributed by atoms with Gasteiger partial charge in [0.2, 0.25) is 0 Å². The summed E-state index contributed by atoms with van der Waals surface area (Å²) in [4.78, 5) is 1.23. The lowest BCUT2D eigenvalue weighted by atomic mass is 10.1. The van der Waals surface area contributed by atoms with Gasteiger partial charge < -0.3 is 5.11 Å². The van der Waals surface area contributed by atoms with Gasteiger partial charge in [0.05, 0.1) is 6.10 Å². The topological polar surface area (TPSA) is 20.2 Å². The Bertz CT molecular complexity index is 284. The summed E-state index contributed by atoms with van der Waals surface area (Å²) in [5, 5.41) is 9.59. The molecule has 0 aliphatic heterocycles. The molecule has 0 heterocycles. The molecule has 2 heteroatoms. The van der Waals surface area contributed by atoms with Crippen LogP contribution in [0.15, 0.2) is 29.2 Å². The fourth-order valence-corrected chi connectivity index (χ4v) is 2.64. The van der Waals surface area contributed by atoms with Gasteiger partial charge in [-0.2, -0.15) is 0 Å². The van der Waals surface area contributed by atoms with Crippen molar-refractivity contribution in [2.45, 2.75) is 44.1 Å². The van der Waals surface area contributed by atoms with Crippen molar-refractivity contribution in [1.82, 2.24) is 0 Å². The molecular weight excluding hydrogens is 204 g/mol. The van der Waals surface area contributed by atoms with Gasteiger partial charge in [0.25, 0.3) is 0 Å². The van der Waals surface area contributed by atoms with E-state index < -0.39 is 0 Å². The third-order valence-electron chi connectivity index (χ3n) is 2.37. The van der Waals surface area contributed by atoms with Crippen LogP contribution in [0.5, 0.6) is 0 Å². The molecular formula is C13H20OS. The van der Waals surface area contributed by atoms with Crippen LogP contribution in [0.25, 0.3) is 0 Å². The molecule has 1 aromatic rings. The van der Waals surface area contributed by atoms with Gasteiger partial charge >= 0.3 is 0 Å². The zero-order valence-corrected chi connectivity index (χ0v) is 10.4. The van der Waals surface area contributed by atoms with E-state index in [2.05, 4.69) is 13.0 Å². The van der Waals surface area contributed by atoms with Crippen LogP contribution < -0.4 is 0 Å². The Labute approximate surface area is 96.9 Å². The SMILES string of the molecule is CCCCCSc1ccccc1C(C)O. The lowest BCUT2D eigenvalue weighted by Gasteiger charge is -2.10. The van der Waals surface area contributed by atoms with E-state index in [0.29, 0.717) is 0 Å². The first kappa shape index (κ1) is 12.6. The summed E-state index contributed by atoms with van der Waals surface area (Å²) in [6, 6.07) is 8.12. The zero-order chi connectivity index (χ0) is 11.1. The number of benzene rings is 1. The highest BCUT2D eigenvalue weighted by molar-refractivity contribution is 7.99. The predicted molar refractivity (Wildman–Crippen MR) is 67.3 cm³/mol. The molecule has 0 fully saturated rings. The highest BCUT2D eigenvalue weighted by Crippen LogP contribution is 2.27. The van der Waals surface area contributed by atoms with E-state index in [-0.39, 0.29) is 6.10 Å². The summed E-state index contributed by atoms with van der Waals surface area (Å²) in [6.45, 7) is 4.04. The average molecular weight is 224 g/mol. The van der Waals surface area contributed by atoms with E-state index >= 15 is 0 Å². The molecule has 84 valence electrons. The van der Waals surface area contributed by atoms with E-state index in [9.17, 15) is 5.11 Å². The van der Waals surface area contributed by atoms with Gasteiger partial charge in [0.1, 0.15) is 0 Å². The smallest absolute Gasteiger partial charge is 0.0772 e. The Hall–Kier alpha value is -0.470. The molecule has 1 N–H and O–H groups in total. The maximum Gasteiger partial charge on any atom is 0.0772 e. The fourth-order valence-electron chi connectivity index (χ4n) is 1.49. The van der Waals surface area contributed by atoms with E-state index in [4.69, 9.17) is 0 Å². The van der Waals surface area contributed by atoms with Crippen LogP contribution in [0.3, 0.4) is 0 Å². The molecule has 0 aromatic heterocycles. The number of hydrogen-bond donors (Lipinski definition) is 1. The van der Waals surface area contributed by atoms with E-state index in [1.807, 2.05) is 36.9 Å². The fraction of sp³-hybridized carbons (Fsp3) is 0.538. The predicted octanol–water partition coefficient (Wildman–Crippen LogP) is 4.02. The monoisotopic (exact) mass is 224 g/mol. The lowest BCUT2D eigenvalue weighted by molar-refractivity contribution is 0.196. The van der Waals surface area contributed by atoms with Crippen molar-refractivity contribution >= 4 is 11.8 Å². The van der Waals surface area contributed by atoms with Crippen LogP contribution in [0.1, 0.15) is 44.8 Å². The second kappa shape index (κ2) is 6.91. The van der Waals surface area contributed by atoms with Crippen LogP contribution in [0.4, 0.5) is 0 Å². The maximum absolute atomic E-state index is 9.59. The van der Waals surface area contributed by atoms with Crippen molar-refractivity contribution in [2.24, 2.45) is 0 Å². The summed E-state index contributed by atoms with van der Waals surface area (Å²) in [5.74, 6) is 1.15. The van der Waals surface area contributed by atoms with Gasteiger partial charge in [-0.15, -0.1) is 11.8 Å². The van der Waals surface area contributed by atoms with Crippen molar-refractivity contribution < 1.29 is 5.11 Å². The first-order chi connectivity index (χ1) is 7.25. The summed E-state index contributed by atoms with van der Waals surface area (Å²) in [6.07, 6.45) is 3.46. The minimum Gasteiger partial charge on any atom is -0.389 e. The highest BCUT2D eigenvalue weighted by Gasteiger charge is 2.06. The summed E-state index contributed by atoms with van der Waals surface area (Å²) in [5.41, 5.74) is 1.05. The Morgan fingerprint density at radius 2 is 2.00 bits per heavy atom. The molecule has 0 bridgehead atoms. The van der Waals surface area contributed by atoms with Crippen LogP contribution in [-0.2, 0) is 0 Å². The van der Waals surface area contributed by atoms with E-state index in [0.717, 1.165) is 11.3 Å². The molecule has 0 spiro atoms. The van der Waals surface area contributed by atoms with Gasteiger partial charge in [-0.1, -0.05) is 38.0 Å². The van der Waals surface area contributed by atoms with Crippen LogP contribution in [-0.4, -0.2) is 10.9 Å². The molecule has 1 atom stereocenters.